The maximum atomic E-state index is 13.0. The summed E-state index contributed by atoms with van der Waals surface area (Å²) in [6.07, 6.45) is 0. The lowest BCUT2D eigenvalue weighted by molar-refractivity contribution is 0.102. The Morgan fingerprint density at radius 2 is 1.77 bits per heavy atom. The van der Waals surface area contributed by atoms with Crippen molar-refractivity contribution >= 4 is 40.3 Å². The second-order valence-electron chi connectivity index (χ2n) is 7.83. The molecule has 1 heterocycles. The average molecular weight is 435 g/mol. The number of piperazine rings is 1. The summed E-state index contributed by atoms with van der Waals surface area (Å²) in [4.78, 5) is 15.4. The van der Waals surface area contributed by atoms with E-state index in [1.165, 1.54) is 5.69 Å². The molecule has 0 spiro atoms. The first-order chi connectivity index (χ1) is 15.0. The SMILES string of the molecule is Cc1c(Cl)cccc1Nc1ccccc1C(=O)Nc1ccc(N2CCNC[C@H]2C)cc1. The molecule has 1 aliphatic rings. The summed E-state index contributed by atoms with van der Waals surface area (Å²) in [5, 5.41) is 10.5. The van der Waals surface area contributed by atoms with E-state index >= 15 is 0 Å². The zero-order valence-electron chi connectivity index (χ0n) is 17.8. The Morgan fingerprint density at radius 1 is 1.03 bits per heavy atom. The Morgan fingerprint density at radius 3 is 2.55 bits per heavy atom. The van der Waals surface area contributed by atoms with Crippen LogP contribution in [0.4, 0.5) is 22.7 Å². The van der Waals surface area contributed by atoms with Crippen LogP contribution in [0, 0.1) is 6.92 Å². The van der Waals surface area contributed by atoms with Crippen LogP contribution < -0.4 is 20.9 Å². The van der Waals surface area contributed by atoms with Gasteiger partial charge in [-0.2, -0.15) is 0 Å². The number of carbonyl (C=O) groups excluding carboxylic acids is 1. The fourth-order valence-electron chi connectivity index (χ4n) is 3.84. The van der Waals surface area contributed by atoms with Crippen molar-refractivity contribution in [3.8, 4) is 0 Å². The van der Waals surface area contributed by atoms with Crippen LogP contribution >= 0.6 is 11.6 Å². The van der Waals surface area contributed by atoms with E-state index < -0.39 is 0 Å². The number of halogens is 1. The molecule has 160 valence electrons. The summed E-state index contributed by atoms with van der Waals surface area (Å²) in [5.41, 5.74) is 5.06. The van der Waals surface area contributed by atoms with Gasteiger partial charge in [0.2, 0.25) is 0 Å². The Labute approximate surface area is 188 Å². The van der Waals surface area contributed by atoms with Crippen LogP contribution in [-0.4, -0.2) is 31.6 Å². The predicted molar refractivity (Wildman–Crippen MR) is 130 cm³/mol. The molecule has 0 saturated carbocycles. The van der Waals surface area contributed by atoms with Crippen LogP contribution in [0.15, 0.2) is 66.7 Å². The van der Waals surface area contributed by atoms with Crippen molar-refractivity contribution in [2.75, 3.05) is 35.2 Å². The molecule has 0 radical (unpaired) electrons. The average Bonchev–Trinajstić information content (AvgIpc) is 2.78. The predicted octanol–water partition coefficient (Wildman–Crippen LogP) is 5.44. The van der Waals surface area contributed by atoms with E-state index in [9.17, 15) is 4.79 Å². The molecule has 3 N–H and O–H groups in total. The zero-order valence-corrected chi connectivity index (χ0v) is 18.5. The molecular formula is C25H27ClN4O. The minimum atomic E-state index is -0.161. The smallest absolute Gasteiger partial charge is 0.257 e. The molecule has 5 nitrogen and oxygen atoms in total. The molecule has 1 aliphatic heterocycles. The Kier molecular flexibility index (Phi) is 6.44. The van der Waals surface area contributed by atoms with Gasteiger partial charge in [0.15, 0.2) is 0 Å². The molecule has 6 heteroatoms. The van der Waals surface area contributed by atoms with Gasteiger partial charge in [-0.3, -0.25) is 4.79 Å². The number of rotatable bonds is 5. The summed E-state index contributed by atoms with van der Waals surface area (Å²) in [6, 6.07) is 21.7. The van der Waals surface area contributed by atoms with Crippen LogP contribution in [-0.2, 0) is 0 Å². The third-order valence-electron chi connectivity index (χ3n) is 5.67. The number of nitrogens with one attached hydrogen (secondary N) is 3. The minimum Gasteiger partial charge on any atom is -0.366 e. The monoisotopic (exact) mass is 434 g/mol. The lowest BCUT2D eigenvalue weighted by Gasteiger charge is -2.36. The van der Waals surface area contributed by atoms with Gasteiger partial charge < -0.3 is 20.9 Å². The van der Waals surface area contributed by atoms with Crippen LogP contribution in [0.1, 0.15) is 22.8 Å². The lowest BCUT2D eigenvalue weighted by atomic mass is 10.1. The Balaban J connectivity index is 1.49. The van der Waals surface area contributed by atoms with Crippen molar-refractivity contribution in [1.82, 2.24) is 5.32 Å². The van der Waals surface area contributed by atoms with Crippen LogP contribution in [0.2, 0.25) is 5.02 Å². The molecule has 1 fully saturated rings. The molecule has 0 bridgehead atoms. The van der Waals surface area contributed by atoms with Crippen molar-refractivity contribution < 1.29 is 4.79 Å². The number of carbonyl (C=O) groups is 1. The number of hydrogen-bond donors (Lipinski definition) is 3. The van der Waals surface area contributed by atoms with Crippen LogP contribution in [0.3, 0.4) is 0 Å². The van der Waals surface area contributed by atoms with E-state index in [-0.39, 0.29) is 5.91 Å². The summed E-state index contributed by atoms with van der Waals surface area (Å²) in [7, 11) is 0. The third-order valence-corrected chi connectivity index (χ3v) is 6.08. The lowest BCUT2D eigenvalue weighted by Crippen LogP contribution is -2.49. The molecule has 1 amide bonds. The first-order valence-corrected chi connectivity index (χ1v) is 10.9. The largest absolute Gasteiger partial charge is 0.366 e. The number of benzene rings is 3. The molecule has 0 unspecified atom stereocenters. The van der Waals surface area contributed by atoms with Crippen molar-refractivity contribution in [1.29, 1.82) is 0 Å². The van der Waals surface area contributed by atoms with Crippen LogP contribution in [0.5, 0.6) is 0 Å². The number of anilines is 4. The molecule has 3 aromatic carbocycles. The summed E-state index contributed by atoms with van der Waals surface area (Å²) in [5.74, 6) is -0.161. The highest BCUT2D eigenvalue weighted by Crippen LogP contribution is 2.28. The van der Waals surface area contributed by atoms with E-state index in [1.807, 2.05) is 61.5 Å². The quantitative estimate of drug-likeness (QED) is 0.500. The first kappa shape index (κ1) is 21.2. The van der Waals surface area contributed by atoms with Crippen molar-refractivity contribution in [3.63, 3.8) is 0 Å². The Hall–Kier alpha value is -3.02. The van der Waals surface area contributed by atoms with Gasteiger partial charge in [0.25, 0.3) is 5.91 Å². The van der Waals surface area contributed by atoms with Gasteiger partial charge in [-0.25, -0.2) is 0 Å². The molecule has 0 aromatic heterocycles. The summed E-state index contributed by atoms with van der Waals surface area (Å²) >= 11 is 6.24. The molecular weight excluding hydrogens is 408 g/mol. The number of nitrogens with zero attached hydrogens (tertiary/aromatic N) is 1. The number of para-hydroxylation sites is 1. The highest BCUT2D eigenvalue weighted by Gasteiger charge is 2.18. The first-order valence-electron chi connectivity index (χ1n) is 10.5. The van der Waals surface area contributed by atoms with E-state index in [1.54, 1.807) is 0 Å². The van der Waals surface area contributed by atoms with Gasteiger partial charge in [0, 0.05) is 47.8 Å². The molecule has 31 heavy (non-hydrogen) atoms. The highest BCUT2D eigenvalue weighted by atomic mass is 35.5. The van der Waals surface area contributed by atoms with Crippen molar-refractivity contribution in [2.24, 2.45) is 0 Å². The standard InChI is InChI=1S/C25H27ClN4O/c1-17-16-27-14-15-30(17)20-12-10-19(11-13-20)28-25(31)21-6-3-4-8-24(21)29-23-9-5-7-22(26)18(23)2/h3-13,17,27,29H,14-16H2,1-2H3,(H,28,31)/t17-/m1/s1. The Bertz CT molecular complexity index is 1070. The van der Waals surface area contributed by atoms with Gasteiger partial charge >= 0.3 is 0 Å². The summed E-state index contributed by atoms with van der Waals surface area (Å²) in [6.45, 7) is 7.11. The van der Waals surface area contributed by atoms with E-state index in [2.05, 4.69) is 39.9 Å². The molecule has 1 atom stereocenters. The second-order valence-corrected chi connectivity index (χ2v) is 8.24. The highest BCUT2D eigenvalue weighted by molar-refractivity contribution is 6.31. The van der Waals surface area contributed by atoms with Gasteiger partial charge in [0.05, 0.1) is 11.3 Å². The minimum absolute atomic E-state index is 0.161. The molecule has 1 saturated heterocycles. The van der Waals surface area contributed by atoms with E-state index in [4.69, 9.17) is 11.6 Å². The molecule has 4 rings (SSSR count). The fraction of sp³-hybridized carbons (Fsp3) is 0.240. The van der Waals surface area contributed by atoms with Crippen molar-refractivity contribution in [2.45, 2.75) is 19.9 Å². The van der Waals surface area contributed by atoms with Crippen molar-refractivity contribution in [3.05, 3.63) is 82.9 Å². The number of amides is 1. The third kappa shape index (κ3) is 4.84. The van der Waals surface area contributed by atoms with Crippen LogP contribution in [0.25, 0.3) is 0 Å². The second kappa shape index (κ2) is 9.41. The van der Waals surface area contributed by atoms with Gasteiger partial charge in [-0.15, -0.1) is 0 Å². The van der Waals surface area contributed by atoms with E-state index in [0.717, 1.165) is 42.3 Å². The maximum absolute atomic E-state index is 13.0. The normalized spacial score (nSPS) is 16.1. The van der Waals surface area contributed by atoms with Gasteiger partial charge in [0.1, 0.15) is 0 Å². The molecule has 3 aromatic rings. The summed E-state index contributed by atoms with van der Waals surface area (Å²) < 4.78 is 0. The zero-order chi connectivity index (χ0) is 21.8. The van der Waals surface area contributed by atoms with Gasteiger partial charge in [-0.05, 0) is 67.9 Å². The van der Waals surface area contributed by atoms with Gasteiger partial charge in [-0.1, -0.05) is 29.8 Å². The van der Waals surface area contributed by atoms with E-state index in [0.29, 0.717) is 16.6 Å². The fourth-order valence-corrected chi connectivity index (χ4v) is 4.01. The number of hydrogen-bond acceptors (Lipinski definition) is 4. The topological polar surface area (TPSA) is 56.4 Å². The molecule has 0 aliphatic carbocycles. The maximum Gasteiger partial charge on any atom is 0.257 e.